The number of nitrogens with zero attached hydrogens (tertiary/aromatic N) is 1. The highest BCUT2D eigenvalue weighted by molar-refractivity contribution is 5.84. The van der Waals surface area contributed by atoms with Gasteiger partial charge in [0.05, 0.1) is 5.69 Å². The molecule has 0 spiro atoms. The van der Waals surface area contributed by atoms with Crippen LogP contribution in [0.3, 0.4) is 0 Å². The van der Waals surface area contributed by atoms with E-state index < -0.39 is 0 Å². The fraction of sp³-hybridized carbons (Fsp3) is 0.481. The monoisotopic (exact) mass is 394 g/mol. The third-order valence-electron chi connectivity index (χ3n) is 5.84. The molecule has 1 aliphatic heterocycles. The molecule has 2 aromatic rings. The molecule has 160 valence electrons. The Morgan fingerprint density at radius 1 is 0.828 bits per heavy atom. The smallest absolute Gasteiger partial charge is 0.0606 e. The summed E-state index contributed by atoms with van der Waals surface area (Å²) >= 11 is 0. The maximum absolute atomic E-state index is 6.31. The number of fused-ring (bicyclic) bond motifs is 4. The van der Waals surface area contributed by atoms with Gasteiger partial charge in [-0.2, -0.15) is 0 Å². The summed E-state index contributed by atoms with van der Waals surface area (Å²) in [7, 11) is 0. The van der Waals surface area contributed by atoms with Gasteiger partial charge in [0.1, 0.15) is 0 Å². The Balaban J connectivity index is 0.000000644. The number of hydrazine groups is 1. The second kappa shape index (κ2) is 10.6. The van der Waals surface area contributed by atoms with E-state index in [1.54, 1.807) is 5.01 Å². The molecule has 0 aromatic heterocycles. The molecule has 2 unspecified atom stereocenters. The molecule has 2 aromatic carbocycles. The van der Waals surface area contributed by atoms with Crippen LogP contribution in [-0.4, -0.2) is 0 Å². The molecule has 0 radical (unpaired) electrons. The van der Waals surface area contributed by atoms with E-state index in [-0.39, 0.29) is 5.41 Å². The lowest BCUT2D eigenvalue weighted by molar-refractivity contribution is 0.595. The fourth-order valence-electron chi connectivity index (χ4n) is 4.10. The van der Waals surface area contributed by atoms with Crippen molar-refractivity contribution in [2.45, 2.75) is 80.6 Å². The van der Waals surface area contributed by atoms with Crippen LogP contribution in [0.2, 0.25) is 0 Å². The molecular formula is C27H42N2. The van der Waals surface area contributed by atoms with Crippen molar-refractivity contribution in [1.82, 2.24) is 0 Å². The molecule has 1 heterocycles. The number of nitrogens with two attached hydrogens (primary N) is 1. The normalized spacial score (nSPS) is 19.6. The van der Waals surface area contributed by atoms with Gasteiger partial charge in [-0.05, 0) is 51.8 Å². The van der Waals surface area contributed by atoms with Gasteiger partial charge in [-0.25, -0.2) is 5.84 Å². The minimum absolute atomic E-state index is 0.0205. The van der Waals surface area contributed by atoms with Crippen molar-refractivity contribution in [3.05, 3.63) is 65.4 Å². The number of hydrogen-bond donors (Lipinski definition) is 1. The fourth-order valence-corrected chi connectivity index (χ4v) is 4.10. The molecule has 1 aliphatic carbocycles. The number of benzene rings is 2. The van der Waals surface area contributed by atoms with E-state index in [1.807, 2.05) is 47.7 Å². The van der Waals surface area contributed by atoms with Crippen molar-refractivity contribution in [3.63, 3.8) is 0 Å². The Morgan fingerprint density at radius 3 is 2.03 bits per heavy atom. The lowest BCUT2D eigenvalue weighted by Crippen LogP contribution is -2.25. The summed E-state index contributed by atoms with van der Waals surface area (Å²) in [6, 6.07) is 13.5. The number of hydrogen-bond acceptors (Lipinski definition) is 2. The summed E-state index contributed by atoms with van der Waals surface area (Å²) in [5, 5.41) is 1.79. The van der Waals surface area contributed by atoms with E-state index in [0.29, 0.717) is 11.8 Å². The molecular weight excluding hydrogens is 352 g/mol. The molecule has 0 fully saturated rings. The lowest BCUT2D eigenvalue weighted by atomic mass is 9.80. The second-order valence-electron chi connectivity index (χ2n) is 7.52. The molecule has 2 N–H and O–H groups in total. The van der Waals surface area contributed by atoms with Gasteiger partial charge in [-0.1, -0.05) is 99.6 Å². The zero-order valence-corrected chi connectivity index (χ0v) is 20.3. The maximum atomic E-state index is 6.31. The van der Waals surface area contributed by atoms with Gasteiger partial charge in [0, 0.05) is 11.6 Å². The Hall–Kier alpha value is -2.06. The summed E-state index contributed by atoms with van der Waals surface area (Å²) in [6.45, 7) is 21.2. The van der Waals surface area contributed by atoms with Crippen molar-refractivity contribution in [1.29, 1.82) is 0 Å². The first kappa shape index (κ1) is 25.0. The highest BCUT2D eigenvalue weighted by Gasteiger charge is 2.37. The van der Waals surface area contributed by atoms with Crippen LogP contribution >= 0.6 is 0 Å². The van der Waals surface area contributed by atoms with Gasteiger partial charge >= 0.3 is 0 Å². The van der Waals surface area contributed by atoms with Gasteiger partial charge in [0.25, 0.3) is 0 Å². The van der Waals surface area contributed by atoms with E-state index in [2.05, 4.69) is 70.2 Å². The van der Waals surface area contributed by atoms with Crippen molar-refractivity contribution in [2.75, 3.05) is 5.01 Å². The molecule has 29 heavy (non-hydrogen) atoms. The molecule has 2 atom stereocenters. The summed E-state index contributed by atoms with van der Waals surface area (Å²) in [5.41, 5.74) is 8.04. The Morgan fingerprint density at radius 2 is 1.41 bits per heavy atom. The van der Waals surface area contributed by atoms with E-state index in [0.717, 1.165) is 5.69 Å². The van der Waals surface area contributed by atoms with Crippen molar-refractivity contribution >= 4 is 5.69 Å². The highest BCUT2D eigenvalue weighted by Crippen LogP contribution is 2.51. The standard InChI is InChI=1S/C21H24N2.3C2H6/c1-13-9-10-23(22)20-12-19-17(11-16(20)14(13)2)15-7-5-6-8-18(15)21(19,3)4;3*1-2/h5-14H,22H2,1-4H3;3*1-2H3. The van der Waals surface area contributed by atoms with Crippen molar-refractivity contribution in [3.8, 4) is 11.1 Å². The van der Waals surface area contributed by atoms with Gasteiger partial charge in [0.15, 0.2) is 0 Å². The predicted molar refractivity (Wildman–Crippen MR) is 131 cm³/mol. The zero-order chi connectivity index (χ0) is 22.4. The molecule has 0 amide bonds. The first-order chi connectivity index (χ1) is 13.9. The summed E-state index contributed by atoms with van der Waals surface area (Å²) in [4.78, 5) is 0. The Bertz CT molecular complexity index is 817. The largest absolute Gasteiger partial charge is 0.287 e. The quantitative estimate of drug-likeness (QED) is 0.458. The van der Waals surface area contributed by atoms with E-state index in [1.165, 1.54) is 27.8 Å². The molecule has 2 heteroatoms. The molecule has 0 bridgehead atoms. The molecule has 0 saturated heterocycles. The first-order valence-corrected chi connectivity index (χ1v) is 11.4. The second-order valence-corrected chi connectivity index (χ2v) is 7.52. The van der Waals surface area contributed by atoms with Crippen molar-refractivity contribution in [2.24, 2.45) is 11.8 Å². The minimum Gasteiger partial charge on any atom is -0.287 e. The van der Waals surface area contributed by atoms with Crippen LogP contribution in [-0.2, 0) is 5.41 Å². The van der Waals surface area contributed by atoms with Crippen molar-refractivity contribution < 1.29 is 0 Å². The number of anilines is 1. The zero-order valence-electron chi connectivity index (χ0n) is 20.3. The topological polar surface area (TPSA) is 29.3 Å². The number of rotatable bonds is 0. The third kappa shape index (κ3) is 4.43. The van der Waals surface area contributed by atoms with Crippen LogP contribution in [0.5, 0.6) is 0 Å². The first-order valence-electron chi connectivity index (χ1n) is 11.4. The Labute approximate surface area is 179 Å². The molecule has 4 rings (SSSR count). The van der Waals surface area contributed by atoms with E-state index in [9.17, 15) is 0 Å². The summed E-state index contributed by atoms with van der Waals surface area (Å²) in [6.07, 6.45) is 4.21. The average molecular weight is 395 g/mol. The van der Waals surface area contributed by atoms with Crippen LogP contribution in [0, 0.1) is 5.92 Å². The van der Waals surface area contributed by atoms with Gasteiger partial charge < -0.3 is 0 Å². The molecule has 2 aliphatic rings. The SMILES string of the molecule is CC.CC.CC.CC1C=CN(N)c2cc3c(cc2C1C)-c1ccccc1C3(C)C. The Kier molecular flexibility index (Phi) is 9.16. The van der Waals surface area contributed by atoms with Crippen LogP contribution in [0.4, 0.5) is 5.69 Å². The predicted octanol–water partition coefficient (Wildman–Crippen LogP) is 8.02. The summed E-state index contributed by atoms with van der Waals surface area (Å²) < 4.78 is 0. The number of allylic oxidation sites excluding steroid dienone is 1. The van der Waals surface area contributed by atoms with E-state index in [4.69, 9.17) is 5.84 Å². The molecule has 0 saturated carbocycles. The van der Waals surface area contributed by atoms with Crippen LogP contribution < -0.4 is 10.9 Å². The van der Waals surface area contributed by atoms with Gasteiger partial charge in [0.2, 0.25) is 0 Å². The highest BCUT2D eigenvalue weighted by atomic mass is 15.4. The van der Waals surface area contributed by atoms with Gasteiger partial charge in [-0.3, -0.25) is 5.01 Å². The maximum Gasteiger partial charge on any atom is 0.0606 e. The molecule has 2 nitrogen and oxygen atoms in total. The summed E-state index contributed by atoms with van der Waals surface area (Å²) in [5.74, 6) is 7.24. The average Bonchev–Trinajstić information content (AvgIpc) is 2.94. The lowest BCUT2D eigenvalue weighted by Gasteiger charge is -2.26. The van der Waals surface area contributed by atoms with Gasteiger partial charge in [-0.15, -0.1) is 0 Å². The third-order valence-corrected chi connectivity index (χ3v) is 5.84. The van der Waals surface area contributed by atoms with Crippen LogP contribution in [0.1, 0.15) is 91.8 Å². The van der Waals surface area contributed by atoms with Crippen LogP contribution in [0.15, 0.2) is 48.7 Å². The van der Waals surface area contributed by atoms with Crippen LogP contribution in [0.25, 0.3) is 11.1 Å². The van der Waals surface area contributed by atoms with E-state index >= 15 is 0 Å². The minimum atomic E-state index is 0.0205.